The molecule has 0 fully saturated rings. The summed E-state index contributed by atoms with van der Waals surface area (Å²) in [7, 11) is -0.611. The minimum atomic E-state index is -1.75. The fourth-order valence-corrected chi connectivity index (χ4v) is 0. The van der Waals surface area contributed by atoms with Gasteiger partial charge in [0.05, 0.1) is 10.2 Å². The molecule has 83 valence electrons. The van der Waals surface area contributed by atoms with Crippen LogP contribution in [0.3, 0.4) is 0 Å². The van der Waals surface area contributed by atoms with E-state index in [0.717, 1.165) is 0 Å². The quantitative estimate of drug-likeness (QED) is 0.326. The van der Waals surface area contributed by atoms with Crippen LogP contribution in [0.15, 0.2) is 0 Å². The fourth-order valence-electron chi connectivity index (χ4n) is 0. The van der Waals surface area contributed by atoms with E-state index in [-0.39, 0.29) is 17.1 Å². The van der Waals surface area contributed by atoms with Gasteiger partial charge in [-0.1, -0.05) is 0 Å². The molecule has 1 radical (unpaired) electrons. The van der Waals surface area contributed by atoms with Gasteiger partial charge in [-0.25, -0.2) is 0 Å². The van der Waals surface area contributed by atoms with Crippen molar-refractivity contribution in [2.45, 2.75) is 0 Å². The predicted molar refractivity (Wildman–Crippen MR) is 40.7 cm³/mol. The Labute approximate surface area is 85.9 Å². The molecule has 0 aromatic heterocycles. The van der Waals surface area contributed by atoms with Crippen LogP contribution in [0, 0.1) is 30.6 Å². The first-order valence-corrected chi connectivity index (χ1v) is 4.04. The second kappa shape index (κ2) is 17.2. The molecular weight excluding hydrogens is 260 g/mol. The SMILES string of the molecule is CS(C)=O.O=[N+]([O-])[O-].O=[N+]([O-])[O-].[Cu+2]. The third kappa shape index (κ3) is 1050. The average Bonchev–Trinajstić information content (AvgIpc) is 1.54. The van der Waals surface area contributed by atoms with E-state index in [1.165, 1.54) is 0 Å². The molecule has 0 unspecified atom stereocenters. The number of hydrogen-bond donors (Lipinski definition) is 0. The molecule has 9 nitrogen and oxygen atoms in total. The van der Waals surface area contributed by atoms with Crippen molar-refractivity contribution >= 4 is 10.8 Å². The number of hydrogen-bond acceptors (Lipinski definition) is 7. The van der Waals surface area contributed by atoms with E-state index in [0.29, 0.717) is 0 Å². The standard InChI is InChI=1S/C2H6OS.Cu.2NO3/c1-4(2)3;;2*2-1(3)4/h1-2H3;;;/q;+2;2*-1. The largest absolute Gasteiger partial charge is 2.00 e. The summed E-state index contributed by atoms with van der Waals surface area (Å²) in [6.07, 6.45) is 3.28. The van der Waals surface area contributed by atoms with Crippen LogP contribution in [0.4, 0.5) is 0 Å². The molecule has 0 heterocycles. The van der Waals surface area contributed by atoms with Crippen LogP contribution in [0.25, 0.3) is 0 Å². The second-order valence-corrected chi connectivity index (χ2v) is 2.67. The van der Waals surface area contributed by atoms with Crippen LogP contribution in [0.5, 0.6) is 0 Å². The van der Waals surface area contributed by atoms with E-state index in [9.17, 15) is 4.21 Å². The van der Waals surface area contributed by atoms with Crippen LogP contribution < -0.4 is 0 Å². The molecule has 0 aliphatic carbocycles. The van der Waals surface area contributed by atoms with Crippen LogP contribution in [0.1, 0.15) is 0 Å². The van der Waals surface area contributed by atoms with Crippen LogP contribution in [0.2, 0.25) is 0 Å². The van der Waals surface area contributed by atoms with E-state index in [1.807, 2.05) is 0 Å². The molecule has 13 heavy (non-hydrogen) atoms. The van der Waals surface area contributed by atoms with Crippen LogP contribution >= 0.6 is 0 Å². The molecule has 0 aliphatic rings. The van der Waals surface area contributed by atoms with Gasteiger partial charge in [-0.15, -0.1) is 0 Å². The van der Waals surface area contributed by atoms with Crippen molar-refractivity contribution in [1.29, 1.82) is 0 Å². The van der Waals surface area contributed by atoms with E-state index in [2.05, 4.69) is 0 Å². The van der Waals surface area contributed by atoms with Gasteiger partial charge in [0.25, 0.3) is 0 Å². The van der Waals surface area contributed by atoms with Crippen molar-refractivity contribution in [3.05, 3.63) is 30.6 Å². The Balaban J connectivity index is -0.0000000450. The van der Waals surface area contributed by atoms with Crippen LogP contribution in [-0.2, 0) is 27.9 Å². The Kier molecular flexibility index (Phi) is 30.1. The van der Waals surface area contributed by atoms with Crippen LogP contribution in [-0.4, -0.2) is 26.9 Å². The fraction of sp³-hybridized carbons (Fsp3) is 1.00. The summed E-state index contributed by atoms with van der Waals surface area (Å²) in [5, 5.41) is 29.5. The Morgan fingerprint density at radius 2 is 0.923 bits per heavy atom. The van der Waals surface area contributed by atoms with Gasteiger partial charge in [0.15, 0.2) is 0 Å². The first-order chi connectivity index (χ1) is 5.20. The van der Waals surface area contributed by atoms with Crippen molar-refractivity contribution in [1.82, 2.24) is 0 Å². The van der Waals surface area contributed by atoms with Gasteiger partial charge < -0.3 is 30.6 Å². The zero-order valence-electron chi connectivity index (χ0n) is 6.46. The zero-order chi connectivity index (χ0) is 10.7. The Morgan fingerprint density at radius 1 is 0.923 bits per heavy atom. The van der Waals surface area contributed by atoms with Gasteiger partial charge >= 0.3 is 17.1 Å². The summed E-state index contributed by atoms with van der Waals surface area (Å²) in [6.45, 7) is 0. The average molecular weight is 266 g/mol. The van der Waals surface area contributed by atoms with Gasteiger partial charge in [0.2, 0.25) is 0 Å². The minimum absolute atomic E-state index is 0. The molecule has 11 heteroatoms. The first kappa shape index (κ1) is 22.7. The van der Waals surface area contributed by atoms with Crippen molar-refractivity contribution < 1.29 is 31.5 Å². The minimum Gasteiger partial charge on any atom is -0.356 e. The molecule has 0 spiro atoms. The Bertz CT molecular complexity index is 122. The van der Waals surface area contributed by atoms with Gasteiger partial charge in [-0.05, 0) is 0 Å². The predicted octanol–water partition coefficient (Wildman–Crippen LogP) is -0.486. The number of rotatable bonds is 0. The van der Waals surface area contributed by atoms with Crippen molar-refractivity contribution in [2.75, 3.05) is 12.5 Å². The third-order valence-electron chi connectivity index (χ3n) is 0. The maximum atomic E-state index is 9.56. The van der Waals surface area contributed by atoms with Gasteiger partial charge in [-0.2, -0.15) is 0 Å². The third-order valence-corrected chi connectivity index (χ3v) is 0. The monoisotopic (exact) mass is 265 g/mol. The summed E-state index contributed by atoms with van der Waals surface area (Å²) in [6, 6.07) is 0. The summed E-state index contributed by atoms with van der Waals surface area (Å²) < 4.78 is 9.56. The molecule has 0 aromatic rings. The molecule has 0 atom stereocenters. The maximum absolute atomic E-state index is 9.56. The summed E-state index contributed by atoms with van der Waals surface area (Å²) in [5.74, 6) is 0. The smallest absolute Gasteiger partial charge is 0.356 e. The summed E-state index contributed by atoms with van der Waals surface area (Å²) >= 11 is 0. The molecule has 0 N–H and O–H groups in total. The molecule has 0 rings (SSSR count). The van der Waals surface area contributed by atoms with Gasteiger partial charge in [0, 0.05) is 23.3 Å². The maximum Gasteiger partial charge on any atom is 2.00 e. The van der Waals surface area contributed by atoms with Gasteiger partial charge in [-0.3, -0.25) is 4.21 Å². The Hall–Kier alpha value is -0.931. The molecule has 0 aromatic carbocycles. The van der Waals surface area contributed by atoms with E-state index in [4.69, 9.17) is 30.6 Å². The van der Waals surface area contributed by atoms with Gasteiger partial charge in [0.1, 0.15) is 0 Å². The molecule has 0 amide bonds. The summed E-state index contributed by atoms with van der Waals surface area (Å²) in [4.78, 5) is 16.5. The Morgan fingerprint density at radius 3 is 0.923 bits per heavy atom. The second-order valence-electron chi connectivity index (χ2n) is 1.19. The zero-order valence-corrected chi connectivity index (χ0v) is 8.22. The molecule has 0 saturated heterocycles. The van der Waals surface area contributed by atoms with Crippen molar-refractivity contribution in [3.63, 3.8) is 0 Å². The van der Waals surface area contributed by atoms with E-state index < -0.39 is 21.0 Å². The van der Waals surface area contributed by atoms with E-state index >= 15 is 0 Å². The van der Waals surface area contributed by atoms with E-state index in [1.54, 1.807) is 12.5 Å². The summed E-state index contributed by atoms with van der Waals surface area (Å²) in [5.41, 5.74) is 0. The molecule has 0 aliphatic heterocycles. The topological polar surface area (TPSA) is 149 Å². The molecule has 0 saturated carbocycles. The van der Waals surface area contributed by atoms with Crippen molar-refractivity contribution in [2.24, 2.45) is 0 Å². The van der Waals surface area contributed by atoms with Crippen molar-refractivity contribution in [3.8, 4) is 0 Å². The first-order valence-electron chi connectivity index (χ1n) is 2.08. The number of nitrogens with zero attached hydrogens (tertiary/aromatic N) is 2. The molecular formula is C2H6CuN2O7S. The molecule has 0 bridgehead atoms. The normalized spacial score (nSPS) is 6.38.